The number of allylic oxidation sites excluding steroid dienone is 1. The van der Waals surface area contributed by atoms with Crippen molar-refractivity contribution in [3.8, 4) is 0 Å². The molecule has 0 aliphatic rings. The summed E-state index contributed by atoms with van der Waals surface area (Å²) in [7, 11) is 1.74. The highest BCUT2D eigenvalue weighted by atomic mass is 16.4. The number of nitrogens with zero attached hydrogens (tertiary/aromatic N) is 1. The molecule has 0 saturated heterocycles. The van der Waals surface area contributed by atoms with Crippen LogP contribution in [0, 0.1) is 0 Å². The highest BCUT2D eigenvalue weighted by Crippen LogP contribution is 2.09. The van der Waals surface area contributed by atoms with Crippen LogP contribution in [0.15, 0.2) is 36.9 Å². The van der Waals surface area contributed by atoms with Crippen LogP contribution in [0.5, 0.6) is 0 Å². The number of hydrogen-bond acceptors (Lipinski definition) is 2. The number of hydrogen-bond donors (Lipinski definition) is 2. The summed E-state index contributed by atoms with van der Waals surface area (Å²) in [5, 5.41) is 11.9. The maximum atomic E-state index is 11.8. The van der Waals surface area contributed by atoms with E-state index in [4.69, 9.17) is 5.11 Å². The molecule has 0 aromatic heterocycles. The number of benzene rings is 1. The molecular weight excluding hydrogens is 268 g/mol. The number of unbranched alkanes of at least 4 members (excludes halogenated alkanes) is 1. The van der Waals surface area contributed by atoms with Gasteiger partial charge in [0.25, 0.3) is 0 Å². The Morgan fingerprint density at radius 3 is 2.76 bits per heavy atom. The van der Waals surface area contributed by atoms with E-state index in [1.54, 1.807) is 36.2 Å². The fourth-order valence-electron chi connectivity index (χ4n) is 1.96. The summed E-state index contributed by atoms with van der Waals surface area (Å²) in [5.41, 5.74) is 1.01. The predicted molar refractivity (Wildman–Crippen MR) is 82.6 cm³/mol. The molecule has 1 aromatic rings. The SMILES string of the molecule is C=CCCCN(C)C(=O)NCCc1ccccc1C(=O)O. The average Bonchev–Trinajstić information content (AvgIpc) is 2.47. The van der Waals surface area contributed by atoms with Crippen molar-refractivity contribution in [2.75, 3.05) is 20.1 Å². The molecule has 0 aliphatic carbocycles. The fraction of sp³-hybridized carbons (Fsp3) is 0.375. The van der Waals surface area contributed by atoms with Gasteiger partial charge in [0.1, 0.15) is 0 Å². The number of carbonyl (C=O) groups excluding carboxylic acids is 1. The summed E-state index contributed by atoms with van der Waals surface area (Å²) in [6, 6.07) is 6.68. The summed E-state index contributed by atoms with van der Waals surface area (Å²) in [5.74, 6) is -0.946. The second kappa shape index (κ2) is 8.79. The van der Waals surface area contributed by atoms with E-state index in [9.17, 15) is 9.59 Å². The molecule has 0 unspecified atom stereocenters. The van der Waals surface area contributed by atoms with Gasteiger partial charge in [-0.15, -0.1) is 6.58 Å². The molecule has 1 aromatic carbocycles. The van der Waals surface area contributed by atoms with Gasteiger partial charge in [-0.3, -0.25) is 0 Å². The van der Waals surface area contributed by atoms with Gasteiger partial charge < -0.3 is 15.3 Å². The van der Waals surface area contributed by atoms with Crippen molar-refractivity contribution in [1.82, 2.24) is 10.2 Å². The standard InChI is InChI=1S/C16H22N2O3/c1-3-4-7-12-18(2)16(21)17-11-10-13-8-5-6-9-14(13)15(19)20/h3,5-6,8-9H,1,4,7,10-12H2,2H3,(H,17,21)(H,19,20). The Bertz CT molecular complexity index is 500. The lowest BCUT2D eigenvalue weighted by Crippen LogP contribution is -2.38. The van der Waals surface area contributed by atoms with E-state index >= 15 is 0 Å². The molecule has 0 spiro atoms. The number of aromatic carboxylic acids is 1. The lowest BCUT2D eigenvalue weighted by molar-refractivity contribution is 0.0695. The maximum Gasteiger partial charge on any atom is 0.335 e. The largest absolute Gasteiger partial charge is 0.478 e. The van der Waals surface area contributed by atoms with Crippen LogP contribution in [0.25, 0.3) is 0 Å². The second-order valence-corrected chi connectivity index (χ2v) is 4.80. The molecule has 5 nitrogen and oxygen atoms in total. The molecule has 114 valence electrons. The molecule has 0 atom stereocenters. The Kier molecular flexibility index (Phi) is 7.01. The minimum atomic E-state index is -0.946. The molecule has 0 radical (unpaired) electrons. The highest BCUT2D eigenvalue weighted by molar-refractivity contribution is 5.89. The minimum Gasteiger partial charge on any atom is -0.478 e. The van der Waals surface area contributed by atoms with Gasteiger partial charge in [-0.2, -0.15) is 0 Å². The van der Waals surface area contributed by atoms with Gasteiger partial charge in [-0.25, -0.2) is 9.59 Å². The predicted octanol–water partition coefficient (Wildman–Crippen LogP) is 2.53. The Morgan fingerprint density at radius 1 is 1.38 bits per heavy atom. The summed E-state index contributed by atoms with van der Waals surface area (Å²) < 4.78 is 0. The van der Waals surface area contributed by atoms with Crippen LogP contribution in [0.2, 0.25) is 0 Å². The van der Waals surface area contributed by atoms with E-state index in [0.29, 0.717) is 19.5 Å². The van der Waals surface area contributed by atoms with Gasteiger partial charge in [0.15, 0.2) is 0 Å². The minimum absolute atomic E-state index is 0.146. The second-order valence-electron chi connectivity index (χ2n) is 4.80. The average molecular weight is 290 g/mol. The molecule has 5 heteroatoms. The third-order valence-electron chi connectivity index (χ3n) is 3.17. The van der Waals surface area contributed by atoms with Gasteiger partial charge in [0.05, 0.1) is 5.56 Å². The zero-order valence-corrected chi connectivity index (χ0v) is 12.3. The van der Waals surface area contributed by atoms with Crippen molar-refractivity contribution < 1.29 is 14.7 Å². The normalized spacial score (nSPS) is 9.95. The van der Waals surface area contributed by atoms with Crippen LogP contribution in [0.4, 0.5) is 4.79 Å². The van der Waals surface area contributed by atoms with E-state index in [0.717, 1.165) is 18.4 Å². The number of amides is 2. The van der Waals surface area contributed by atoms with Crippen LogP contribution in [0.1, 0.15) is 28.8 Å². The van der Waals surface area contributed by atoms with Crippen molar-refractivity contribution in [3.63, 3.8) is 0 Å². The molecule has 0 bridgehead atoms. The Hall–Kier alpha value is -2.30. The molecule has 1 rings (SSSR count). The van der Waals surface area contributed by atoms with E-state index in [2.05, 4.69) is 11.9 Å². The lowest BCUT2D eigenvalue weighted by atomic mass is 10.0. The molecular formula is C16H22N2O3. The van der Waals surface area contributed by atoms with E-state index < -0.39 is 5.97 Å². The third-order valence-corrected chi connectivity index (χ3v) is 3.17. The van der Waals surface area contributed by atoms with Crippen LogP contribution in [-0.4, -0.2) is 42.1 Å². The topological polar surface area (TPSA) is 69.6 Å². The first kappa shape index (κ1) is 16.8. The van der Waals surface area contributed by atoms with Gasteiger partial charge in [-0.05, 0) is 30.9 Å². The monoisotopic (exact) mass is 290 g/mol. The van der Waals surface area contributed by atoms with Crippen molar-refractivity contribution in [2.45, 2.75) is 19.3 Å². The summed E-state index contributed by atoms with van der Waals surface area (Å²) >= 11 is 0. The molecule has 2 amide bonds. The van der Waals surface area contributed by atoms with Crippen LogP contribution >= 0.6 is 0 Å². The number of carboxylic acids is 1. The van der Waals surface area contributed by atoms with Crippen LogP contribution in [-0.2, 0) is 6.42 Å². The maximum absolute atomic E-state index is 11.8. The zero-order valence-electron chi connectivity index (χ0n) is 12.3. The number of carbonyl (C=O) groups is 2. The molecule has 0 saturated carbocycles. The van der Waals surface area contributed by atoms with Crippen LogP contribution < -0.4 is 5.32 Å². The number of rotatable bonds is 8. The number of urea groups is 1. The molecule has 21 heavy (non-hydrogen) atoms. The number of carboxylic acid groups (broad SMARTS) is 1. The fourth-order valence-corrected chi connectivity index (χ4v) is 1.96. The Balaban J connectivity index is 2.41. The van der Waals surface area contributed by atoms with E-state index in [1.807, 2.05) is 6.08 Å². The Labute approximate surface area is 125 Å². The summed E-state index contributed by atoms with van der Waals surface area (Å²) in [6.45, 7) is 4.72. The molecule has 2 N–H and O–H groups in total. The Morgan fingerprint density at radius 2 is 2.10 bits per heavy atom. The van der Waals surface area contributed by atoms with Gasteiger partial charge >= 0.3 is 12.0 Å². The molecule has 0 aliphatic heterocycles. The smallest absolute Gasteiger partial charge is 0.335 e. The summed E-state index contributed by atoms with van der Waals surface area (Å²) in [6.07, 6.45) is 4.09. The van der Waals surface area contributed by atoms with Gasteiger partial charge in [0, 0.05) is 20.1 Å². The molecule has 0 heterocycles. The van der Waals surface area contributed by atoms with Crippen molar-refractivity contribution in [3.05, 3.63) is 48.0 Å². The van der Waals surface area contributed by atoms with E-state index in [1.165, 1.54) is 0 Å². The van der Waals surface area contributed by atoms with Crippen molar-refractivity contribution >= 4 is 12.0 Å². The molecule has 0 fully saturated rings. The quantitative estimate of drug-likeness (QED) is 0.571. The first-order chi connectivity index (χ1) is 10.1. The van der Waals surface area contributed by atoms with Crippen molar-refractivity contribution in [1.29, 1.82) is 0 Å². The van der Waals surface area contributed by atoms with Gasteiger partial charge in [0.2, 0.25) is 0 Å². The lowest BCUT2D eigenvalue weighted by Gasteiger charge is -2.17. The van der Waals surface area contributed by atoms with E-state index in [-0.39, 0.29) is 11.6 Å². The summed E-state index contributed by atoms with van der Waals surface area (Å²) in [4.78, 5) is 24.5. The van der Waals surface area contributed by atoms with Crippen LogP contribution in [0.3, 0.4) is 0 Å². The first-order valence-corrected chi connectivity index (χ1v) is 6.97. The van der Waals surface area contributed by atoms with Gasteiger partial charge in [-0.1, -0.05) is 24.3 Å². The first-order valence-electron chi connectivity index (χ1n) is 6.97. The third kappa shape index (κ3) is 5.69. The zero-order chi connectivity index (χ0) is 15.7. The number of nitrogens with one attached hydrogen (secondary N) is 1. The highest BCUT2D eigenvalue weighted by Gasteiger charge is 2.10. The van der Waals surface area contributed by atoms with Crippen molar-refractivity contribution in [2.24, 2.45) is 0 Å².